The standard InChI is InChI=1S/C16H24N2O3/c1-11(10-20-3)9-18-15(17-12(2)16(18)19)13-5-7-14(21-4)8-6-13/h5-8,11-12,15,17H,9-10H2,1-4H3. The second kappa shape index (κ2) is 6.91. The molecule has 3 atom stereocenters. The number of ether oxygens (including phenoxy) is 2. The molecule has 1 heterocycles. The third-order valence-electron chi connectivity index (χ3n) is 3.76. The molecule has 0 aliphatic carbocycles. The third kappa shape index (κ3) is 3.54. The number of methoxy groups -OCH3 is 2. The molecule has 2 rings (SSSR count). The van der Waals surface area contributed by atoms with Crippen LogP contribution >= 0.6 is 0 Å². The first-order valence-electron chi connectivity index (χ1n) is 7.26. The summed E-state index contributed by atoms with van der Waals surface area (Å²) in [5.74, 6) is 1.25. The number of nitrogens with one attached hydrogen (secondary N) is 1. The predicted octanol–water partition coefficient (Wildman–Crippen LogP) is 1.80. The van der Waals surface area contributed by atoms with Gasteiger partial charge in [0.2, 0.25) is 5.91 Å². The largest absolute Gasteiger partial charge is 0.497 e. The van der Waals surface area contributed by atoms with Gasteiger partial charge in [-0.1, -0.05) is 19.1 Å². The van der Waals surface area contributed by atoms with Crippen molar-refractivity contribution in [2.45, 2.75) is 26.1 Å². The summed E-state index contributed by atoms with van der Waals surface area (Å²) >= 11 is 0. The summed E-state index contributed by atoms with van der Waals surface area (Å²) in [5, 5.41) is 3.35. The van der Waals surface area contributed by atoms with Crippen LogP contribution in [0.1, 0.15) is 25.6 Å². The van der Waals surface area contributed by atoms with Crippen LogP contribution < -0.4 is 10.1 Å². The highest BCUT2D eigenvalue weighted by atomic mass is 16.5. The highest BCUT2D eigenvalue weighted by molar-refractivity contribution is 5.84. The Morgan fingerprint density at radius 2 is 1.95 bits per heavy atom. The van der Waals surface area contributed by atoms with Crippen LogP contribution in [0.15, 0.2) is 24.3 Å². The lowest BCUT2D eigenvalue weighted by Crippen LogP contribution is -2.35. The monoisotopic (exact) mass is 292 g/mol. The first kappa shape index (κ1) is 15.8. The Kier molecular flexibility index (Phi) is 5.20. The average Bonchev–Trinajstić information content (AvgIpc) is 2.76. The van der Waals surface area contributed by atoms with Crippen LogP contribution in [0.5, 0.6) is 5.75 Å². The van der Waals surface area contributed by atoms with E-state index in [1.807, 2.05) is 36.1 Å². The number of amides is 1. The van der Waals surface area contributed by atoms with Gasteiger partial charge in [-0.05, 0) is 30.5 Å². The molecular weight excluding hydrogens is 268 g/mol. The highest BCUT2D eigenvalue weighted by Crippen LogP contribution is 2.27. The first-order valence-corrected chi connectivity index (χ1v) is 7.26. The fourth-order valence-electron chi connectivity index (χ4n) is 2.70. The van der Waals surface area contributed by atoms with Crippen LogP contribution in [0, 0.1) is 5.92 Å². The van der Waals surface area contributed by atoms with Gasteiger partial charge in [0.1, 0.15) is 11.9 Å². The van der Waals surface area contributed by atoms with Crippen LogP contribution in [-0.2, 0) is 9.53 Å². The normalized spacial score (nSPS) is 23.4. The maximum atomic E-state index is 12.3. The molecule has 1 saturated heterocycles. The molecule has 1 aromatic rings. The van der Waals surface area contributed by atoms with Crippen molar-refractivity contribution in [2.75, 3.05) is 27.4 Å². The van der Waals surface area contributed by atoms with Gasteiger partial charge < -0.3 is 14.4 Å². The van der Waals surface area contributed by atoms with E-state index in [1.54, 1.807) is 14.2 Å². The zero-order valence-corrected chi connectivity index (χ0v) is 13.1. The van der Waals surface area contributed by atoms with Crippen molar-refractivity contribution in [2.24, 2.45) is 5.92 Å². The van der Waals surface area contributed by atoms with Crippen molar-refractivity contribution in [3.8, 4) is 5.75 Å². The Hall–Kier alpha value is -1.59. The Morgan fingerprint density at radius 3 is 2.52 bits per heavy atom. The van der Waals surface area contributed by atoms with Crippen molar-refractivity contribution in [1.82, 2.24) is 10.2 Å². The van der Waals surface area contributed by atoms with E-state index in [2.05, 4.69) is 12.2 Å². The van der Waals surface area contributed by atoms with E-state index >= 15 is 0 Å². The second-order valence-electron chi connectivity index (χ2n) is 5.62. The third-order valence-corrected chi connectivity index (χ3v) is 3.76. The molecule has 5 heteroatoms. The molecular formula is C16H24N2O3. The maximum absolute atomic E-state index is 12.3. The maximum Gasteiger partial charge on any atom is 0.241 e. The molecule has 1 aliphatic rings. The van der Waals surface area contributed by atoms with Gasteiger partial charge in [-0.3, -0.25) is 10.1 Å². The summed E-state index contributed by atoms with van der Waals surface area (Å²) in [6, 6.07) is 7.67. The van der Waals surface area contributed by atoms with Crippen LogP contribution in [0.25, 0.3) is 0 Å². The minimum absolute atomic E-state index is 0.0855. The topological polar surface area (TPSA) is 50.8 Å². The van der Waals surface area contributed by atoms with E-state index in [1.165, 1.54) is 0 Å². The van der Waals surface area contributed by atoms with Gasteiger partial charge in [-0.25, -0.2) is 0 Å². The van der Waals surface area contributed by atoms with E-state index in [0.29, 0.717) is 19.1 Å². The van der Waals surface area contributed by atoms with Crippen molar-refractivity contribution < 1.29 is 14.3 Å². The fourth-order valence-corrected chi connectivity index (χ4v) is 2.70. The number of hydrogen-bond donors (Lipinski definition) is 1. The second-order valence-corrected chi connectivity index (χ2v) is 5.62. The smallest absolute Gasteiger partial charge is 0.241 e. The Balaban J connectivity index is 2.16. The molecule has 0 bridgehead atoms. The molecule has 5 nitrogen and oxygen atoms in total. The molecule has 1 amide bonds. The molecule has 1 N–H and O–H groups in total. The summed E-state index contributed by atoms with van der Waals surface area (Å²) < 4.78 is 10.4. The lowest BCUT2D eigenvalue weighted by molar-refractivity contribution is -0.130. The van der Waals surface area contributed by atoms with E-state index in [0.717, 1.165) is 11.3 Å². The average molecular weight is 292 g/mol. The van der Waals surface area contributed by atoms with E-state index in [9.17, 15) is 4.79 Å². The number of carbonyl (C=O) groups is 1. The van der Waals surface area contributed by atoms with E-state index in [4.69, 9.17) is 9.47 Å². The Labute approximate surface area is 126 Å². The summed E-state index contributed by atoms with van der Waals surface area (Å²) in [7, 11) is 3.33. The van der Waals surface area contributed by atoms with Crippen molar-refractivity contribution in [1.29, 1.82) is 0 Å². The van der Waals surface area contributed by atoms with E-state index in [-0.39, 0.29) is 18.1 Å². The Bertz CT molecular complexity index is 475. The van der Waals surface area contributed by atoms with Crippen molar-refractivity contribution in [3.63, 3.8) is 0 Å². The predicted molar refractivity (Wildman–Crippen MR) is 81.1 cm³/mol. The summed E-state index contributed by atoms with van der Waals surface area (Å²) in [5.41, 5.74) is 1.07. The van der Waals surface area contributed by atoms with Gasteiger partial charge in [0.15, 0.2) is 0 Å². The van der Waals surface area contributed by atoms with Crippen LogP contribution in [0.2, 0.25) is 0 Å². The quantitative estimate of drug-likeness (QED) is 0.868. The van der Waals surface area contributed by atoms with Crippen molar-refractivity contribution >= 4 is 5.91 Å². The molecule has 116 valence electrons. The van der Waals surface area contributed by atoms with Gasteiger partial charge in [-0.15, -0.1) is 0 Å². The lowest BCUT2D eigenvalue weighted by atomic mass is 10.1. The SMILES string of the molecule is COCC(C)CN1C(=O)C(C)NC1c1ccc(OC)cc1. The minimum atomic E-state index is -0.160. The van der Waals surface area contributed by atoms with Crippen LogP contribution in [-0.4, -0.2) is 44.2 Å². The van der Waals surface area contributed by atoms with Gasteiger partial charge in [-0.2, -0.15) is 0 Å². The van der Waals surface area contributed by atoms with Crippen LogP contribution in [0.4, 0.5) is 0 Å². The molecule has 3 unspecified atom stereocenters. The van der Waals surface area contributed by atoms with Gasteiger partial charge in [0.05, 0.1) is 19.8 Å². The molecule has 1 aromatic carbocycles. The fraction of sp³-hybridized carbons (Fsp3) is 0.562. The van der Waals surface area contributed by atoms with Gasteiger partial charge in [0, 0.05) is 13.7 Å². The Morgan fingerprint density at radius 1 is 1.29 bits per heavy atom. The van der Waals surface area contributed by atoms with Crippen molar-refractivity contribution in [3.05, 3.63) is 29.8 Å². The summed E-state index contributed by atoms with van der Waals surface area (Å²) in [6.07, 6.45) is -0.0855. The summed E-state index contributed by atoms with van der Waals surface area (Å²) in [4.78, 5) is 14.2. The number of hydrogen-bond acceptors (Lipinski definition) is 4. The zero-order chi connectivity index (χ0) is 15.4. The lowest BCUT2D eigenvalue weighted by Gasteiger charge is -2.27. The number of benzene rings is 1. The molecule has 0 radical (unpaired) electrons. The van der Waals surface area contributed by atoms with Gasteiger partial charge in [0.25, 0.3) is 0 Å². The summed E-state index contributed by atoms with van der Waals surface area (Å²) in [6.45, 7) is 5.32. The highest BCUT2D eigenvalue weighted by Gasteiger charge is 2.37. The number of carbonyl (C=O) groups excluding carboxylic acids is 1. The number of nitrogens with zero attached hydrogens (tertiary/aromatic N) is 1. The minimum Gasteiger partial charge on any atom is -0.497 e. The van der Waals surface area contributed by atoms with E-state index < -0.39 is 0 Å². The molecule has 0 spiro atoms. The zero-order valence-electron chi connectivity index (χ0n) is 13.1. The first-order chi connectivity index (χ1) is 10.1. The molecule has 0 saturated carbocycles. The molecule has 1 aliphatic heterocycles. The molecule has 21 heavy (non-hydrogen) atoms. The number of rotatable bonds is 6. The molecule has 1 fully saturated rings. The van der Waals surface area contributed by atoms with Gasteiger partial charge >= 0.3 is 0 Å². The van der Waals surface area contributed by atoms with Crippen LogP contribution in [0.3, 0.4) is 0 Å². The molecule has 0 aromatic heterocycles.